The molecule has 2 N–H and O–H groups in total. The van der Waals surface area contributed by atoms with E-state index in [4.69, 9.17) is 4.74 Å². The number of carbonyl (C=O) groups excluding carboxylic acids is 2. The van der Waals surface area contributed by atoms with Crippen LogP contribution >= 0.6 is 11.3 Å². The predicted molar refractivity (Wildman–Crippen MR) is 90.6 cm³/mol. The van der Waals surface area contributed by atoms with Crippen LogP contribution in [0.25, 0.3) is 0 Å². The standard InChI is InChI=1S/C17H20N2O3S/c1-12(2)9-10-22-14-7-5-13(6-8-14)16(20)18-19-17(21)15-4-3-11-23-15/h3-8,11-12H,9-10H2,1-2H3,(H,18,20)(H,19,21). The fraction of sp³-hybridized carbons (Fsp3) is 0.294. The zero-order valence-electron chi connectivity index (χ0n) is 13.2. The highest BCUT2D eigenvalue weighted by atomic mass is 32.1. The van der Waals surface area contributed by atoms with Crippen molar-refractivity contribution in [1.82, 2.24) is 10.9 Å². The maximum atomic E-state index is 12.0. The third-order valence-corrected chi connectivity index (χ3v) is 3.98. The molecule has 2 aromatic rings. The second-order valence-electron chi connectivity index (χ2n) is 5.44. The van der Waals surface area contributed by atoms with Gasteiger partial charge in [0.25, 0.3) is 11.8 Å². The Hall–Kier alpha value is -2.34. The van der Waals surface area contributed by atoms with E-state index in [0.717, 1.165) is 12.2 Å². The minimum atomic E-state index is -0.372. The van der Waals surface area contributed by atoms with E-state index in [9.17, 15) is 9.59 Å². The summed E-state index contributed by atoms with van der Waals surface area (Å²) in [4.78, 5) is 24.2. The molecule has 2 rings (SSSR count). The Morgan fingerprint density at radius 1 is 1.09 bits per heavy atom. The first kappa shape index (κ1) is 17.0. The number of amides is 2. The number of thiophene rings is 1. The van der Waals surface area contributed by atoms with E-state index in [1.807, 2.05) is 0 Å². The Bertz CT molecular complexity index is 636. The minimum Gasteiger partial charge on any atom is -0.494 e. The lowest BCUT2D eigenvalue weighted by molar-refractivity contribution is 0.0849. The van der Waals surface area contributed by atoms with E-state index in [1.165, 1.54) is 11.3 Å². The number of benzene rings is 1. The number of nitrogens with one attached hydrogen (secondary N) is 2. The Kier molecular flexibility index (Phi) is 6.17. The molecule has 122 valence electrons. The monoisotopic (exact) mass is 332 g/mol. The second kappa shape index (κ2) is 8.33. The van der Waals surface area contributed by atoms with Gasteiger partial charge in [0.1, 0.15) is 5.75 Å². The van der Waals surface area contributed by atoms with Gasteiger partial charge in [-0.25, -0.2) is 0 Å². The van der Waals surface area contributed by atoms with Gasteiger partial charge in [0.2, 0.25) is 0 Å². The Labute approximate surface area is 139 Å². The van der Waals surface area contributed by atoms with E-state index in [2.05, 4.69) is 24.7 Å². The lowest BCUT2D eigenvalue weighted by atomic mass is 10.1. The van der Waals surface area contributed by atoms with Crippen molar-refractivity contribution in [1.29, 1.82) is 0 Å². The van der Waals surface area contributed by atoms with E-state index >= 15 is 0 Å². The fourth-order valence-corrected chi connectivity index (χ4v) is 2.39. The molecule has 0 aliphatic heterocycles. The number of ether oxygens (including phenoxy) is 1. The van der Waals surface area contributed by atoms with Crippen molar-refractivity contribution in [3.8, 4) is 5.75 Å². The van der Waals surface area contributed by atoms with Crippen molar-refractivity contribution < 1.29 is 14.3 Å². The lowest BCUT2D eigenvalue weighted by Gasteiger charge is -2.09. The Morgan fingerprint density at radius 3 is 2.39 bits per heavy atom. The third-order valence-electron chi connectivity index (χ3n) is 3.11. The van der Waals surface area contributed by atoms with Crippen LogP contribution in [0, 0.1) is 5.92 Å². The van der Waals surface area contributed by atoms with Crippen LogP contribution in [0.5, 0.6) is 5.75 Å². The molecule has 0 aliphatic carbocycles. The first-order valence-electron chi connectivity index (χ1n) is 7.43. The van der Waals surface area contributed by atoms with E-state index in [0.29, 0.717) is 23.0 Å². The zero-order chi connectivity index (χ0) is 16.7. The maximum absolute atomic E-state index is 12.0. The van der Waals surface area contributed by atoms with Gasteiger partial charge < -0.3 is 4.74 Å². The smallest absolute Gasteiger partial charge is 0.279 e. The van der Waals surface area contributed by atoms with Crippen molar-refractivity contribution in [3.63, 3.8) is 0 Å². The van der Waals surface area contributed by atoms with Crippen LogP contribution in [0.15, 0.2) is 41.8 Å². The zero-order valence-corrected chi connectivity index (χ0v) is 14.0. The van der Waals surface area contributed by atoms with Gasteiger partial charge in [-0.2, -0.15) is 0 Å². The van der Waals surface area contributed by atoms with Crippen molar-refractivity contribution in [3.05, 3.63) is 52.2 Å². The highest BCUT2D eigenvalue weighted by Gasteiger charge is 2.09. The number of hydrogen-bond donors (Lipinski definition) is 2. The summed E-state index contributed by atoms with van der Waals surface area (Å²) in [5.74, 6) is 0.613. The van der Waals surface area contributed by atoms with Crippen molar-refractivity contribution in [2.24, 2.45) is 5.92 Å². The number of hydrogen-bond acceptors (Lipinski definition) is 4. The van der Waals surface area contributed by atoms with Crippen LogP contribution in [-0.2, 0) is 0 Å². The van der Waals surface area contributed by atoms with E-state index in [-0.39, 0.29) is 11.8 Å². The van der Waals surface area contributed by atoms with Crippen LogP contribution in [0.3, 0.4) is 0 Å². The fourth-order valence-electron chi connectivity index (χ4n) is 1.77. The molecule has 0 radical (unpaired) electrons. The molecular weight excluding hydrogens is 312 g/mol. The van der Waals surface area contributed by atoms with E-state index in [1.54, 1.807) is 41.8 Å². The van der Waals surface area contributed by atoms with Crippen LogP contribution < -0.4 is 15.6 Å². The third kappa shape index (κ3) is 5.41. The normalized spacial score (nSPS) is 10.4. The van der Waals surface area contributed by atoms with Gasteiger partial charge in [0.05, 0.1) is 11.5 Å². The van der Waals surface area contributed by atoms with Crippen LogP contribution in [-0.4, -0.2) is 18.4 Å². The second-order valence-corrected chi connectivity index (χ2v) is 6.39. The molecule has 5 nitrogen and oxygen atoms in total. The molecule has 2 amide bonds. The summed E-state index contributed by atoms with van der Waals surface area (Å²) < 4.78 is 5.60. The summed E-state index contributed by atoms with van der Waals surface area (Å²) in [6.07, 6.45) is 0.983. The van der Waals surface area contributed by atoms with Gasteiger partial charge in [-0.05, 0) is 48.1 Å². The SMILES string of the molecule is CC(C)CCOc1ccc(C(=O)NNC(=O)c2cccs2)cc1. The summed E-state index contributed by atoms with van der Waals surface area (Å²) >= 11 is 1.31. The molecule has 0 unspecified atom stereocenters. The summed E-state index contributed by atoms with van der Waals surface area (Å²) in [6.45, 7) is 4.93. The average molecular weight is 332 g/mol. The first-order chi connectivity index (χ1) is 11.1. The average Bonchev–Trinajstić information content (AvgIpc) is 3.07. The maximum Gasteiger partial charge on any atom is 0.279 e. The minimum absolute atomic E-state index is 0.331. The summed E-state index contributed by atoms with van der Waals surface area (Å²) in [5, 5.41) is 1.80. The largest absolute Gasteiger partial charge is 0.494 e. The molecule has 6 heteroatoms. The summed E-state index contributed by atoms with van der Waals surface area (Å²) in [5.41, 5.74) is 5.23. The molecule has 0 aliphatic rings. The summed E-state index contributed by atoms with van der Waals surface area (Å²) in [7, 11) is 0. The summed E-state index contributed by atoms with van der Waals surface area (Å²) in [6, 6.07) is 10.3. The van der Waals surface area contributed by atoms with Crippen molar-refractivity contribution in [2.75, 3.05) is 6.61 Å². The number of rotatable bonds is 6. The van der Waals surface area contributed by atoms with Gasteiger partial charge in [0, 0.05) is 5.56 Å². The highest BCUT2D eigenvalue weighted by Crippen LogP contribution is 2.13. The highest BCUT2D eigenvalue weighted by molar-refractivity contribution is 7.12. The number of hydrazine groups is 1. The molecule has 0 saturated carbocycles. The molecule has 0 spiro atoms. The quantitative estimate of drug-likeness (QED) is 0.798. The predicted octanol–water partition coefficient (Wildman–Crippen LogP) is 3.25. The van der Waals surface area contributed by atoms with Gasteiger partial charge in [0.15, 0.2) is 0 Å². The van der Waals surface area contributed by atoms with Gasteiger partial charge >= 0.3 is 0 Å². The molecule has 0 fully saturated rings. The molecule has 1 aromatic carbocycles. The first-order valence-corrected chi connectivity index (χ1v) is 8.31. The van der Waals surface area contributed by atoms with Gasteiger partial charge in [-0.1, -0.05) is 19.9 Å². The number of carbonyl (C=O) groups is 2. The molecule has 0 atom stereocenters. The van der Waals surface area contributed by atoms with Gasteiger partial charge in [-0.15, -0.1) is 11.3 Å². The Balaban J connectivity index is 1.81. The molecular formula is C17H20N2O3S. The molecule has 0 saturated heterocycles. The van der Waals surface area contributed by atoms with Crippen molar-refractivity contribution >= 4 is 23.2 Å². The lowest BCUT2D eigenvalue weighted by Crippen LogP contribution is -2.41. The Morgan fingerprint density at radius 2 is 1.78 bits per heavy atom. The topological polar surface area (TPSA) is 67.4 Å². The van der Waals surface area contributed by atoms with E-state index < -0.39 is 0 Å². The van der Waals surface area contributed by atoms with Crippen molar-refractivity contribution in [2.45, 2.75) is 20.3 Å². The molecule has 1 aromatic heterocycles. The molecule has 0 bridgehead atoms. The molecule has 1 heterocycles. The van der Waals surface area contributed by atoms with Crippen LogP contribution in [0.4, 0.5) is 0 Å². The van der Waals surface area contributed by atoms with Gasteiger partial charge in [-0.3, -0.25) is 20.4 Å². The van der Waals surface area contributed by atoms with Crippen LogP contribution in [0.1, 0.15) is 40.3 Å². The molecule has 23 heavy (non-hydrogen) atoms. The van der Waals surface area contributed by atoms with Crippen LogP contribution in [0.2, 0.25) is 0 Å².